The minimum Gasteiger partial charge on any atom is -0.383 e. The fourth-order valence-corrected chi connectivity index (χ4v) is 4.89. The molecule has 33 heavy (non-hydrogen) atoms. The lowest BCUT2D eigenvalue weighted by molar-refractivity contribution is 0.0915. The quantitative estimate of drug-likeness (QED) is 0.483. The van der Waals surface area contributed by atoms with Crippen molar-refractivity contribution in [2.75, 3.05) is 13.7 Å². The Morgan fingerprint density at radius 1 is 1.24 bits per heavy atom. The van der Waals surface area contributed by atoms with Crippen LogP contribution >= 0.6 is 0 Å². The molecule has 3 heterocycles. The number of methoxy groups -OCH3 is 1. The highest BCUT2D eigenvalue weighted by atomic mass is 16.5. The average molecular weight is 454 g/mol. The molecule has 3 aromatic rings. The second-order valence-corrected chi connectivity index (χ2v) is 9.50. The van der Waals surface area contributed by atoms with E-state index >= 15 is 0 Å². The summed E-state index contributed by atoms with van der Waals surface area (Å²) < 4.78 is 6.97. The number of fused-ring (bicyclic) bond motifs is 1. The molecule has 0 saturated heterocycles. The number of carbonyl (C=O) groups excluding carboxylic acids is 1. The molecule has 1 saturated carbocycles. The van der Waals surface area contributed by atoms with Crippen LogP contribution in [0.3, 0.4) is 0 Å². The van der Waals surface area contributed by atoms with Crippen LogP contribution in [0.1, 0.15) is 74.0 Å². The maximum atomic E-state index is 13.2. The normalized spacial score (nSPS) is 19.8. The van der Waals surface area contributed by atoms with Crippen molar-refractivity contribution >= 4 is 11.6 Å². The molecule has 1 aliphatic rings. The maximum absolute atomic E-state index is 13.2. The van der Waals surface area contributed by atoms with Crippen LogP contribution in [0.5, 0.6) is 0 Å². The van der Waals surface area contributed by atoms with E-state index in [1.165, 1.54) is 0 Å². The van der Waals surface area contributed by atoms with E-state index in [-0.39, 0.29) is 17.9 Å². The van der Waals surface area contributed by atoms with Gasteiger partial charge in [0.15, 0.2) is 5.65 Å². The van der Waals surface area contributed by atoms with Gasteiger partial charge in [-0.25, -0.2) is 9.50 Å². The predicted octanol–water partition coefficient (Wildman–Crippen LogP) is 3.22. The van der Waals surface area contributed by atoms with Crippen molar-refractivity contribution in [3.8, 4) is 11.3 Å². The number of aromatic amines is 1. The first kappa shape index (κ1) is 23.4. The van der Waals surface area contributed by atoms with Crippen LogP contribution in [0, 0.1) is 6.92 Å². The number of aryl methyl sites for hydroxylation is 1. The van der Waals surface area contributed by atoms with Crippen molar-refractivity contribution in [2.45, 2.75) is 77.4 Å². The molecule has 1 unspecified atom stereocenters. The van der Waals surface area contributed by atoms with Crippen LogP contribution in [0.15, 0.2) is 18.6 Å². The van der Waals surface area contributed by atoms with Gasteiger partial charge in [-0.2, -0.15) is 10.2 Å². The van der Waals surface area contributed by atoms with Crippen LogP contribution in [0.25, 0.3) is 16.9 Å². The summed E-state index contributed by atoms with van der Waals surface area (Å²) >= 11 is 0. The zero-order chi connectivity index (χ0) is 23.5. The van der Waals surface area contributed by atoms with Crippen LogP contribution in [-0.2, 0) is 4.74 Å². The number of pyridine rings is 1. The Labute approximate surface area is 194 Å². The number of nitrogens with zero attached hydrogens (tertiary/aromatic N) is 4. The molecule has 0 aromatic carbocycles. The molecule has 1 atom stereocenters. The van der Waals surface area contributed by atoms with Gasteiger partial charge in [-0.05, 0) is 57.1 Å². The van der Waals surface area contributed by atoms with E-state index in [0.29, 0.717) is 24.4 Å². The number of nitrogens with one attached hydrogen (secondary N) is 3. The molecular formula is C24H35N7O2. The number of carbonyl (C=O) groups is 1. The van der Waals surface area contributed by atoms with Crippen molar-refractivity contribution < 1.29 is 9.53 Å². The summed E-state index contributed by atoms with van der Waals surface area (Å²) in [5, 5.41) is 18.7. The van der Waals surface area contributed by atoms with Crippen molar-refractivity contribution in [1.29, 1.82) is 0 Å². The lowest BCUT2D eigenvalue weighted by Crippen LogP contribution is -2.45. The first-order valence-electron chi connectivity index (χ1n) is 11.8. The van der Waals surface area contributed by atoms with Gasteiger partial charge in [-0.15, -0.1) is 0 Å². The minimum absolute atomic E-state index is 0.0832. The van der Waals surface area contributed by atoms with Crippen LogP contribution in [-0.4, -0.2) is 62.5 Å². The first-order chi connectivity index (χ1) is 15.9. The van der Waals surface area contributed by atoms with Gasteiger partial charge in [-0.3, -0.25) is 9.89 Å². The Morgan fingerprint density at radius 2 is 1.97 bits per heavy atom. The molecule has 0 aliphatic heterocycles. The number of hydrogen-bond donors (Lipinski definition) is 3. The van der Waals surface area contributed by atoms with Crippen LogP contribution < -0.4 is 10.6 Å². The smallest absolute Gasteiger partial charge is 0.269 e. The number of rotatable bonds is 8. The Kier molecular flexibility index (Phi) is 7.09. The Balaban J connectivity index is 1.47. The Bertz CT molecular complexity index is 1100. The zero-order valence-electron chi connectivity index (χ0n) is 20.2. The van der Waals surface area contributed by atoms with E-state index in [1.807, 2.05) is 19.2 Å². The molecule has 0 spiro atoms. The Hall–Kier alpha value is -2.78. The summed E-state index contributed by atoms with van der Waals surface area (Å²) in [7, 11) is 1.73. The SMILES string of the molecule is COCC(C)NC1CCC(NC(=O)c2[nH]nc(-c3cc(C)c4ncnn4c3)c2C(C)C)CC1. The number of ether oxygens (including phenoxy) is 1. The summed E-state index contributed by atoms with van der Waals surface area (Å²) in [5.41, 5.74) is 5.01. The van der Waals surface area contributed by atoms with Gasteiger partial charge in [0.25, 0.3) is 5.91 Å². The summed E-state index contributed by atoms with van der Waals surface area (Å²) in [6.07, 6.45) is 7.47. The third-order valence-corrected chi connectivity index (χ3v) is 6.44. The van der Waals surface area contributed by atoms with Crippen molar-refractivity contribution in [3.63, 3.8) is 0 Å². The summed E-state index contributed by atoms with van der Waals surface area (Å²) in [6, 6.07) is 3.03. The number of amides is 1. The van der Waals surface area contributed by atoms with Crippen molar-refractivity contribution in [1.82, 2.24) is 35.4 Å². The molecule has 9 heteroatoms. The topological polar surface area (TPSA) is 109 Å². The lowest BCUT2D eigenvalue weighted by Gasteiger charge is -2.31. The summed E-state index contributed by atoms with van der Waals surface area (Å²) in [5.74, 6) is 0.0497. The molecule has 4 rings (SSSR count). The fourth-order valence-electron chi connectivity index (χ4n) is 4.89. The van der Waals surface area contributed by atoms with Gasteiger partial charge < -0.3 is 15.4 Å². The van der Waals surface area contributed by atoms with Gasteiger partial charge in [0.2, 0.25) is 0 Å². The number of H-pyrrole nitrogens is 1. The zero-order valence-corrected chi connectivity index (χ0v) is 20.2. The largest absolute Gasteiger partial charge is 0.383 e. The van der Waals surface area contributed by atoms with Gasteiger partial charge >= 0.3 is 0 Å². The molecule has 1 amide bonds. The highest BCUT2D eigenvalue weighted by Gasteiger charge is 2.27. The van der Waals surface area contributed by atoms with Gasteiger partial charge in [-0.1, -0.05) is 13.8 Å². The van der Waals surface area contributed by atoms with E-state index in [0.717, 1.165) is 53.7 Å². The highest BCUT2D eigenvalue weighted by molar-refractivity contribution is 5.96. The molecule has 1 aliphatic carbocycles. The van der Waals surface area contributed by atoms with E-state index in [2.05, 4.69) is 51.7 Å². The van der Waals surface area contributed by atoms with Gasteiger partial charge in [0, 0.05) is 42.6 Å². The second-order valence-electron chi connectivity index (χ2n) is 9.50. The van der Waals surface area contributed by atoms with Crippen LogP contribution in [0.2, 0.25) is 0 Å². The first-order valence-corrected chi connectivity index (χ1v) is 11.8. The monoisotopic (exact) mass is 453 g/mol. The molecule has 0 radical (unpaired) electrons. The lowest BCUT2D eigenvalue weighted by atomic mass is 9.90. The molecule has 178 valence electrons. The molecule has 3 N–H and O–H groups in total. The van der Waals surface area contributed by atoms with Gasteiger partial charge in [0.1, 0.15) is 12.0 Å². The molecule has 3 aromatic heterocycles. The predicted molar refractivity (Wildman–Crippen MR) is 127 cm³/mol. The Morgan fingerprint density at radius 3 is 2.67 bits per heavy atom. The van der Waals surface area contributed by atoms with Crippen molar-refractivity contribution in [3.05, 3.63) is 35.4 Å². The molecule has 0 bridgehead atoms. The van der Waals surface area contributed by atoms with E-state index in [4.69, 9.17) is 4.74 Å². The average Bonchev–Trinajstić information content (AvgIpc) is 3.42. The molecular weight excluding hydrogens is 418 g/mol. The summed E-state index contributed by atoms with van der Waals surface area (Å²) in [6.45, 7) is 9.03. The maximum Gasteiger partial charge on any atom is 0.269 e. The summed E-state index contributed by atoms with van der Waals surface area (Å²) in [4.78, 5) is 17.5. The standard InChI is InChI=1S/C24H35N7O2/c1-14(2)20-21(17-10-15(3)23-25-13-26-31(23)11-17)29-30-22(20)24(32)28-19-8-6-18(7-9-19)27-16(4)12-33-5/h10-11,13-14,16,18-19,27H,6-9,12H2,1-5H3,(H,28,32)(H,29,30). The van der Waals surface area contributed by atoms with Gasteiger partial charge in [0.05, 0.1) is 12.3 Å². The highest BCUT2D eigenvalue weighted by Crippen LogP contribution is 2.31. The molecule has 1 fully saturated rings. The number of hydrogen-bond acceptors (Lipinski definition) is 6. The number of aromatic nitrogens is 5. The van der Waals surface area contributed by atoms with E-state index in [9.17, 15) is 4.79 Å². The third-order valence-electron chi connectivity index (χ3n) is 6.44. The van der Waals surface area contributed by atoms with Crippen LogP contribution in [0.4, 0.5) is 0 Å². The molecule has 9 nitrogen and oxygen atoms in total. The second kappa shape index (κ2) is 10.0. The van der Waals surface area contributed by atoms with Crippen molar-refractivity contribution in [2.24, 2.45) is 0 Å². The van der Waals surface area contributed by atoms with E-state index in [1.54, 1.807) is 18.0 Å². The minimum atomic E-state index is -0.0832. The van der Waals surface area contributed by atoms with E-state index < -0.39 is 0 Å². The fraction of sp³-hybridized carbons (Fsp3) is 0.583. The third kappa shape index (κ3) is 5.09.